The van der Waals surface area contributed by atoms with Gasteiger partial charge in [0.2, 0.25) is 0 Å². The van der Waals surface area contributed by atoms with Crippen molar-refractivity contribution in [1.82, 2.24) is 9.78 Å². The van der Waals surface area contributed by atoms with Crippen LogP contribution in [0, 0.1) is 11.7 Å². The SMILES string of the molecule is CC(C)n1ccc(CC(CN)Cc2ccccc2F)n1. The Morgan fingerprint density at radius 3 is 2.55 bits per heavy atom. The van der Waals surface area contributed by atoms with Crippen LogP contribution in [0.3, 0.4) is 0 Å². The summed E-state index contributed by atoms with van der Waals surface area (Å²) >= 11 is 0. The molecule has 1 aromatic heterocycles. The molecular formula is C16H22FN3. The standard InChI is InChI=1S/C16H22FN3/c1-12(2)20-8-7-15(19-20)10-13(11-18)9-14-5-3-4-6-16(14)17/h3-8,12-13H,9-11,18H2,1-2H3. The van der Waals surface area contributed by atoms with Crippen LogP contribution in [0.25, 0.3) is 0 Å². The van der Waals surface area contributed by atoms with Gasteiger partial charge in [-0.15, -0.1) is 0 Å². The molecule has 2 aromatic rings. The summed E-state index contributed by atoms with van der Waals surface area (Å²) in [5, 5.41) is 4.53. The van der Waals surface area contributed by atoms with Crippen LogP contribution in [0.2, 0.25) is 0 Å². The quantitative estimate of drug-likeness (QED) is 0.881. The minimum atomic E-state index is -0.154. The number of nitrogens with two attached hydrogens (primary N) is 1. The molecule has 1 aromatic carbocycles. The van der Waals surface area contributed by atoms with Gasteiger partial charge >= 0.3 is 0 Å². The smallest absolute Gasteiger partial charge is 0.126 e. The van der Waals surface area contributed by atoms with Gasteiger partial charge in [0.1, 0.15) is 5.82 Å². The number of hydrogen-bond donors (Lipinski definition) is 1. The summed E-state index contributed by atoms with van der Waals surface area (Å²) in [6.07, 6.45) is 3.42. The van der Waals surface area contributed by atoms with Crippen LogP contribution in [0.5, 0.6) is 0 Å². The fourth-order valence-corrected chi connectivity index (χ4v) is 2.28. The zero-order valence-corrected chi connectivity index (χ0v) is 12.1. The molecule has 20 heavy (non-hydrogen) atoms. The van der Waals surface area contributed by atoms with Gasteiger partial charge in [0, 0.05) is 12.2 Å². The Hall–Kier alpha value is -1.68. The lowest BCUT2D eigenvalue weighted by Gasteiger charge is -2.14. The minimum absolute atomic E-state index is 0.154. The minimum Gasteiger partial charge on any atom is -0.330 e. The summed E-state index contributed by atoms with van der Waals surface area (Å²) in [7, 11) is 0. The van der Waals surface area contributed by atoms with Crippen LogP contribution in [0.15, 0.2) is 36.5 Å². The van der Waals surface area contributed by atoms with Crippen molar-refractivity contribution in [2.45, 2.75) is 32.7 Å². The second kappa shape index (κ2) is 6.66. The molecule has 1 atom stereocenters. The lowest BCUT2D eigenvalue weighted by molar-refractivity contribution is 0.488. The third kappa shape index (κ3) is 3.67. The van der Waals surface area contributed by atoms with Gasteiger partial charge < -0.3 is 5.73 Å². The highest BCUT2D eigenvalue weighted by Crippen LogP contribution is 2.16. The van der Waals surface area contributed by atoms with E-state index in [4.69, 9.17) is 5.73 Å². The summed E-state index contributed by atoms with van der Waals surface area (Å²) in [4.78, 5) is 0. The van der Waals surface area contributed by atoms with E-state index in [1.807, 2.05) is 29.1 Å². The highest BCUT2D eigenvalue weighted by atomic mass is 19.1. The summed E-state index contributed by atoms with van der Waals surface area (Å²) in [6, 6.07) is 9.26. The van der Waals surface area contributed by atoms with Crippen LogP contribution in [-0.4, -0.2) is 16.3 Å². The fourth-order valence-electron chi connectivity index (χ4n) is 2.28. The second-order valence-electron chi connectivity index (χ2n) is 5.48. The normalized spacial score (nSPS) is 12.8. The molecule has 4 heteroatoms. The molecule has 1 heterocycles. The van der Waals surface area contributed by atoms with E-state index < -0.39 is 0 Å². The van der Waals surface area contributed by atoms with E-state index in [1.165, 1.54) is 6.07 Å². The Kier molecular flexibility index (Phi) is 4.90. The number of halogens is 1. The van der Waals surface area contributed by atoms with Crippen molar-refractivity contribution in [3.8, 4) is 0 Å². The number of rotatable bonds is 6. The molecule has 2 rings (SSSR count). The summed E-state index contributed by atoms with van der Waals surface area (Å²) in [5.74, 6) is 0.0565. The van der Waals surface area contributed by atoms with Gasteiger partial charge in [-0.05, 0) is 56.8 Å². The van der Waals surface area contributed by atoms with E-state index in [9.17, 15) is 4.39 Å². The van der Waals surface area contributed by atoms with Crippen molar-refractivity contribution in [1.29, 1.82) is 0 Å². The first-order valence-electron chi connectivity index (χ1n) is 7.07. The molecular weight excluding hydrogens is 253 g/mol. The molecule has 0 fully saturated rings. The van der Waals surface area contributed by atoms with E-state index >= 15 is 0 Å². The van der Waals surface area contributed by atoms with Crippen LogP contribution < -0.4 is 5.73 Å². The molecule has 0 saturated heterocycles. The predicted molar refractivity (Wildman–Crippen MR) is 79.0 cm³/mol. The van der Waals surface area contributed by atoms with Gasteiger partial charge in [-0.1, -0.05) is 18.2 Å². The lowest BCUT2D eigenvalue weighted by atomic mass is 9.94. The van der Waals surface area contributed by atoms with E-state index in [0.29, 0.717) is 19.0 Å². The maximum absolute atomic E-state index is 13.7. The Morgan fingerprint density at radius 1 is 1.20 bits per heavy atom. The molecule has 0 amide bonds. The topological polar surface area (TPSA) is 43.8 Å². The third-order valence-electron chi connectivity index (χ3n) is 3.49. The highest BCUT2D eigenvalue weighted by Gasteiger charge is 2.13. The molecule has 3 nitrogen and oxygen atoms in total. The maximum atomic E-state index is 13.7. The van der Waals surface area contributed by atoms with E-state index in [-0.39, 0.29) is 11.7 Å². The van der Waals surface area contributed by atoms with Crippen LogP contribution in [0.1, 0.15) is 31.1 Å². The predicted octanol–water partition coefficient (Wildman–Crippen LogP) is 2.96. The average Bonchev–Trinajstić information content (AvgIpc) is 2.89. The number of nitrogens with zero attached hydrogens (tertiary/aromatic N) is 2. The third-order valence-corrected chi connectivity index (χ3v) is 3.49. The van der Waals surface area contributed by atoms with Gasteiger partial charge in [0.05, 0.1) is 5.69 Å². The first kappa shape index (κ1) is 14.7. The van der Waals surface area contributed by atoms with Crippen LogP contribution in [0.4, 0.5) is 4.39 Å². The summed E-state index contributed by atoms with van der Waals surface area (Å²) in [6.45, 7) is 4.72. The van der Waals surface area contributed by atoms with Crippen molar-refractivity contribution >= 4 is 0 Å². The number of hydrogen-bond acceptors (Lipinski definition) is 2. The summed E-state index contributed by atoms with van der Waals surface area (Å²) < 4.78 is 15.6. The Morgan fingerprint density at radius 2 is 1.95 bits per heavy atom. The van der Waals surface area contributed by atoms with Gasteiger partial charge in [0.15, 0.2) is 0 Å². The number of benzene rings is 1. The van der Waals surface area contributed by atoms with Gasteiger partial charge in [-0.25, -0.2) is 4.39 Å². The molecule has 1 unspecified atom stereocenters. The van der Waals surface area contributed by atoms with Crippen molar-refractivity contribution in [2.75, 3.05) is 6.54 Å². The van der Waals surface area contributed by atoms with Crippen molar-refractivity contribution in [3.63, 3.8) is 0 Å². The van der Waals surface area contributed by atoms with Gasteiger partial charge in [-0.2, -0.15) is 5.10 Å². The first-order valence-corrected chi connectivity index (χ1v) is 7.07. The Labute approximate surface area is 119 Å². The van der Waals surface area contributed by atoms with E-state index in [2.05, 4.69) is 18.9 Å². The molecule has 0 bridgehead atoms. The second-order valence-corrected chi connectivity index (χ2v) is 5.48. The molecule has 0 aliphatic heterocycles. The first-order chi connectivity index (χ1) is 9.60. The number of aromatic nitrogens is 2. The Balaban J connectivity index is 2.03. The summed E-state index contributed by atoms with van der Waals surface area (Å²) in [5.41, 5.74) is 7.58. The Bertz CT molecular complexity index is 548. The van der Waals surface area contributed by atoms with Crippen molar-refractivity contribution in [3.05, 3.63) is 53.6 Å². The average molecular weight is 275 g/mol. The largest absolute Gasteiger partial charge is 0.330 e. The molecule has 0 spiro atoms. The molecule has 0 aliphatic rings. The van der Waals surface area contributed by atoms with Crippen molar-refractivity contribution < 1.29 is 4.39 Å². The van der Waals surface area contributed by atoms with E-state index in [0.717, 1.165) is 17.7 Å². The molecule has 0 saturated carbocycles. The molecule has 108 valence electrons. The van der Waals surface area contributed by atoms with Crippen LogP contribution >= 0.6 is 0 Å². The molecule has 2 N–H and O–H groups in total. The van der Waals surface area contributed by atoms with Crippen molar-refractivity contribution in [2.24, 2.45) is 11.7 Å². The highest BCUT2D eigenvalue weighted by molar-refractivity contribution is 5.18. The van der Waals surface area contributed by atoms with Gasteiger partial charge in [-0.3, -0.25) is 4.68 Å². The monoisotopic (exact) mass is 275 g/mol. The lowest BCUT2D eigenvalue weighted by Crippen LogP contribution is -2.20. The zero-order valence-electron chi connectivity index (χ0n) is 12.1. The molecule has 0 radical (unpaired) electrons. The molecule has 0 aliphatic carbocycles. The zero-order chi connectivity index (χ0) is 14.5. The van der Waals surface area contributed by atoms with Crippen LogP contribution in [-0.2, 0) is 12.8 Å². The maximum Gasteiger partial charge on any atom is 0.126 e. The van der Waals surface area contributed by atoms with E-state index in [1.54, 1.807) is 6.07 Å². The fraction of sp³-hybridized carbons (Fsp3) is 0.438. The van der Waals surface area contributed by atoms with Gasteiger partial charge in [0.25, 0.3) is 0 Å².